The normalized spacial score (nSPS) is 13.8. The van der Waals surface area contributed by atoms with Crippen molar-refractivity contribution in [2.45, 2.75) is 123 Å². The summed E-state index contributed by atoms with van der Waals surface area (Å²) < 4.78 is 26.9. The summed E-state index contributed by atoms with van der Waals surface area (Å²) in [5.41, 5.74) is 3.22. The molecular weight excluding hydrogens is 650 g/mol. The molecule has 0 amide bonds. The Kier molecular flexibility index (Phi) is 11.5. The van der Waals surface area contributed by atoms with Crippen LogP contribution in [0.4, 0.5) is 4.39 Å². The number of phenolic OH excluding ortho intramolecular Hbond substituents is 1. The lowest BCUT2D eigenvalue weighted by Crippen LogP contribution is -2.42. The van der Waals surface area contributed by atoms with E-state index in [0.717, 1.165) is 39.3 Å². The van der Waals surface area contributed by atoms with Crippen LogP contribution in [0.15, 0.2) is 77.8 Å². The lowest BCUT2D eigenvalue weighted by atomic mass is 9.70. The van der Waals surface area contributed by atoms with Crippen LogP contribution in [0.3, 0.4) is 0 Å². The minimum atomic E-state index is -1.74. The Bertz CT molecular complexity index is 1750. The number of para-hydroxylation sites is 1. The number of phenols is 1. The topological polar surface area (TPSA) is 71.3 Å². The summed E-state index contributed by atoms with van der Waals surface area (Å²) in [7, 11) is 3.41. The van der Waals surface area contributed by atoms with Crippen molar-refractivity contribution in [3.05, 3.63) is 123 Å². The van der Waals surface area contributed by atoms with Crippen LogP contribution in [0, 0.1) is 5.82 Å². The average molecular weight is 710 g/mol. The van der Waals surface area contributed by atoms with E-state index in [0.29, 0.717) is 17.5 Å². The molecule has 4 aromatic carbocycles. The second-order valence-corrected chi connectivity index (χ2v) is 18.1. The van der Waals surface area contributed by atoms with E-state index in [-0.39, 0.29) is 27.2 Å². The molecule has 280 valence electrons. The number of rotatable bonds is 9. The number of aliphatic hydroxyl groups is 1. The number of aromatic hydroxyl groups is 1. The van der Waals surface area contributed by atoms with Gasteiger partial charge in [0.2, 0.25) is 0 Å². The van der Waals surface area contributed by atoms with Gasteiger partial charge >= 0.3 is 0 Å². The first-order valence-electron chi connectivity index (χ1n) is 18.2. The average Bonchev–Trinajstić information content (AvgIpc) is 3.05. The number of aliphatic imine (C=N–C) groups is 1. The first-order chi connectivity index (χ1) is 23.9. The standard InChI is InChI=1S/C46H60FNO4/c1-42(2,3)33-24-31(25-34(40(33)51-13)43(4,5)6)46(50,32-26-35(44(7,8)9)41(52-14)36(27-32)45(10,11)12)38(23-29-19-16-15-17-20-29)48-28-30-21-18-22-37(47)39(30)49/h15-22,24-28,38,49-50H,23H2,1-14H3. The van der Waals surface area contributed by atoms with Crippen molar-refractivity contribution in [3.63, 3.8) is 0 Å². The Morgan fingerprint density at radius 2 is 1.04 bits per heavy atom. The van der Waals surface area contributed by atoms with Gasteiger partial charge < -0.3 is 19.7 Å². The van der Waals surface area contributed by atoms with E-state index in [2.05, 4.69) is 107 Å². The minimum Gasteiger partial charge on any atom is -0.504 e. The van der Waals surface area contributed by atoms with E-state index < -0.39 is 23.2 Å². The molecule has 52 heavy (non-hydrogen) atoms. The van der Waals surface area contributed by atoms with Crippen molar-refractivity contribution >= 4 is 6.21 Å². The Morgan fingerprint density at radius 3 is 1.40 bits per heavy atom. The van der Waals surface area contributed by atoms with Crippen LogP contribution >= 0.6 is 0 Å². The van der Waals surface area contributed by atoms with Gasteiger partial charge in [0.15, 0.2) is 11.6 Å². The van der Waals surface area contributed by atoms with Gasteiger partial charge in [-0.3, -0.25) is 4.99 Å². The van der Waals surface area contributed by atoms with Crippen LogP contribution in [-0.2, 0) is 33.7 Å². The molecule has 1 unspecified atom stereocenters. The molecule has 0 bridgehead atoms. The molecule has 5 nitrogen and oxygen atoms in total. The number of halogens is 1. The van der Waals surface area contributed by atoms with Crippen LogP contribution in [0.5, 0.6) is 17.2 Å². The van der Waals surface area contributed by atoms with Crippen LogP contribution in [0.2, 0.25) is 0 Å². The molecule has 6 heteroatoms. The molecule has 0 saturated heterocycles. The van der Waals surface area contributed by atoms with Crippen LogP contribution in [0.25, 0.3) is 0 Å². The Labute approximate surface area is 312 Å². The maximum absolute atomic E-state index is 14.6. The summed E-state index contributed by atoms with van der Waals surface area (Å²) >= 11 is 0. The Morgan fingerprint density at radius 1 is 0.635 bits per heavy atom. The molecule has 0 aromatic heterocycles. The molecule has 4 rings (SSSR count). The van der Waals surface area contributed by atoms with E-state index >= 15 is 0 Å². The molecule has 1 atom stereocenters. The quantitative estimate of drug-likeness (QED) is 0.170. The zero-order valence-electron chi connectivity index (χ0n) is 33.8. The summed E-state index contributed by atoms with van der Waals surface area (Å²) in [4.78, 5) is 5.10. The number of methoxy groups -OCH3 is 2. The van der Waals surface area contributed by atoms with Crippen molar-refractivity contribution in [2.24, 2.45) is 4.99 Å². The molecular formula is C46H60FNO4. The van der Waals surface area contributed by atoms with Gasteiger partial charge in [-0.15, -0.1) is 0 Å². The van der Waals surface area contributed by atoms with E-state index in [9.17, 15) is 14.6 Å². The molecule has 0 aliphatic heterocycles. The first kappa shape index (κ1) is 40.6. The highest BCUT2D eigenvalue weighted by Gasteiger charge is 2.44. The third kappa shape index (κ3) is 8.39. The van der Waals surface area contributed by atoms with Crippen molar-refractivity contribution in [1.29, 1.82) is 0 Å². The molecule has 0 fully saturated rings. The first-order valence-corrected chi connectivity index (χ1v) is 18.2. The van der Waals surface area contributed by atoms with Gasteiger partial charge in [-0.2, -0.15) is 0 Å². The lowest BCUT2D eigenvalue weighted by Gasteiger charge is -2.40. The maximum atomic E-state index is 14.6. The third-order valence-corrected chi connectivity index (χ3v) is 9.86. The smallest absolute Gasteiger partial charge is 0.165 e. The summed E-state index contributed by atoms with van der Waals surface area (Å²) in [6.07, 6.45) is 1.82. The van der Waals surface area contributed by atoms with E-state index in [4.69, 9.17) is 14.5 Å². The number of nitrogens with zero attached hydrogens (tertiary/aromatic N) is 1. The van der Waals surface area contributed by atoms with Crippen LogP contribution < -0.4 is 9.47 Å². The number of benzene rings is 4. The SMILES string of the molecule is COc1c(C(C)(C)C)cc(C(O)(c2cc(C(C)(C)C)c(OC)c(C(C)(C)C)c2)C(Cc2ccccc2)N=Cc2cccc(F)c2O)cc1C(C)(C)C. The molecule has 0 aliphatic rings. The van der Waals surface area contributed by atoms with E-state index in [1.54, 1.807) is 20.3 Å². The monoisotopic (exact) mass is 709 g/mol. The second kappa shape index (κ2) is 14.7. The number of ether oxygens (including phenoxy) is 2. The number of hydrogen-bond acceptors (Lipinski definition) is 5. The zero-order chi connectivity index (χ0) is 39.0. The largest absolute Gasteiger partial charge is 0.504 e. The fourth-order valence-electron chi connectivity index (χ4n) is 6.87. The van der Waals surface area contributed by atoms with Gasteiger partial charge in [0.1, 0.15) is 17.1 Å². The fraction of sp³-hybridized carbons (Fsp3) is 0.457. The highest BCUT2D eigenvalue weighted by atomic mass is 19.1. The summed E-state index contributed by atoms with van der Waals surface area (Å²) in [5.74, 6) is 0.356. The predicted octanol–water partition coefficient (Wildman–Crippen LogP) is 10.7. The summed E-state index contributed by atoms with van der Waals surface area (Å²) in [6.45, 7) is 25.8. The van der Waals surface area contributed by atoms with Crippen LogP contribution in [-0.4, -0.2) is 36.7 Å². The third-order valence-electron chi connectivity index (χ3n) is 9.86. The summed E-state index contributed by atoms with van der Waals surface area (Å²) in [5, 5.41) is 24.7. The van der Waals surface area contributed by atoms with Crippen molar-refractivity contribution in [1.82, 2.24) is 0 Å². The second-order valence-electron chi connectivity index (χ2n) is 18.1. The van der Waals surface area contributed by atoms with Gasteiger partial charge in [0, 0.05) is 34.0 Å². The minimum absolute atomic E-state index is 0.224. The van der Waals surface area contributed by atoms with Crippen molar-refractivity contribution in [2.75, 3.05) is 14.2 Å². The van der Waals surface area contributed by atoms with Crippen molar-refractivity contribution in [3.8, 4) is 17.2 Å². The molecule has 2 N–H and O–H groups in total. The Balaban J connectivity index is 2.27. The predicted molar refractivity (Wildman–Crippen MR) is 213 cm³/mol. The Hall–Kier alpha value is -4.16. The van der Waals surface area contributed by atoms with Gasteiger partial charge in [-0.05, 0) is 81.2 Å². The maximum Gasteiger partial charge on any atom is 0.165 e. The number of hydrogen-bond donors (Lipinski definition) is 2. The van der Waals surface area contributed by atoms with Gasteiger partial charge in [-0.1, -0.05) is 119 Å². The highest BCUT2D eigenvalue weighted by molar-refractivity contribution is 5.83. The molecule has 0 saturated carbocycles. The van der Waals surface area contributed by atoms with Crippen molar-refractivity contribution < 1.29 is 24.1 Å². The fourth-order valence-corrected chi connectivity index (χ4v) is 6.87. The van der Waals surface area contributed by atoms with Gasteiger partial charge in [0.25, 0.3) is 0 Å². The van der Waals surface area contributed by atoms with E-state index in [1.165, 1.54) is 18.3 Å². The molecule has 0 radical (unpaired) electrons. The highest BCUT2D eigenvalue weighted by Crippen LogP contribution is 2.49. The van der Waals surface area contributed by atoms with Crippen LogP contribution in [0.1, 0.15) is 128 Å². The molecule has 0 aliphatic carbocycles. The summed E-state index contributed by atoms with van der Waals surface area (Å²) in [6, 6.07) is 21.8. The molecule has 4 aromatic rings. The van der Waals surface area contributed by atoms with E-state index in [1.807, 2.05) is 30.3 Å². The lowest BCUT2D eigenvalue weighted by molar-refractivity contribution is 0.0521. The molecule has 0 spiro atoms. The molecule has 0 heterocycles. The van der Waals surface area contributed by atoms with Gasteiger partial charge in [-0.25, -0.2) is 4.39 Å². The van der Waals surface area contributed by atoms with Gasteiger partial charge in [0.05, 0.1) is 20.3 Å². The zero-order valence-corrected chi connectivity index (χ0v) is 33.8.